The van der Waals surface area contributed by atoms with Gasteiger partial charge in [-0.05, 0) is 24.7 Å². The number of hydrogen-bond acceptors (Lipinski definition) is 3. The Kier molecular flexibility index (Phi) is 3.94. The van der Waals surface area contributed by atoms with E-state index < -0.39 is 29.6 Å². The van der Waals surface area contributed by atoms with E-state index in [0.29, 0.717) is 5.56 Å². The second kappa shape index (κ2) is 5.27. The van der Waals surface area contributed by atoms with E-state index in [1.807, 2.05) is 0 Å². The monoisotopic (exact) mass is 318 g/mol. The van der Waals surface area contributed by atoms with Crippen molar-refractivity contribution in [2.75, 3.05) is 0 Å². The SMILES string of the molecule is CC(=O)C1C(c2ccccc2)NC(=S)NC1(O)C(F)(F)F. The number of ketones is 1. The molecule has 0 radical (unpaired) electrons. The fourth-order valence-corrected chi connectivity index (χ4v) is 2.75. The Morgan fingerprint density at radius 1 is 1.33 bits per heavy atom. The van der Waals surface area contributed by atoms with Crippen LogP contribution in [0.4, 0.5) is 13.2 Å². The fourth-order valence-electron chi connectivity index (χ4n) is 2.46. The molecule has 0 bridgehead atoms. The van der Waals surface area contributed by atoms with Gasteiger partial charge in [-0.15, -0.1) is 0 Å². The van der Waals surface area contributed by atoms with Gasteiger partial charge in [0.25, 0.3) is 0 Å². The molecule has 0 saturated carbocycles. The van der Waals surface area contributed by atoms with Gasteiger partial charge in [0, 0.05) is 0 Å². The van der Waals surface area contributed by atoms with Gasteiger partial charge in [0.05, 0.1) is 12.0 Å². The zero-order valence-electron chi connectivity index (χ0n) is 10.9. The van der Waals surface area contributed by atoms with E-state index in [-0.39, 0.29) is 5.11 Å². The van der Waals surface area contributed by atoms with Crippen LogP contribution in [0.25, 0.3) is 0 Å². The number of Topliss-reactive ketones (excluding diaryl/α,β-unsaturated/α-hetero) is 1. The summed E-state index contributed by atoms with van der Waals surface area (Å²) in [5, 5.41) is 14.1. The Balaban J connectivity index is 2.54. The van der Waals surface area contributed by atoms with Crippen molar-refractivity contribution in [2.45, 2.75) is 24.9 Å². The number of carbonyl (C=O) groups excluding carboxylic acids is 1. The fraction of sp³-hybridized carbons (Fsp3) is 0.385. The highest BCUT2D eigenvalue weighted by Crippen LogP contribution is 2.42. The number of halogens is 3. The third-order valence-corrected chi connectivity index (χ3v) is 3.62. The molecular weight excluding hydrogens is 305 g/mol. The highest BCUT2D eigenvalue weighted by Gasteiger charge is 2.64. The first-order chi connectivity index (χ1) is 9.67. The summed E-state index contributed by atoms with van der Waals surface area (Å²) in [4.78, 5) is 11.8. The molecule has 0 spiro atoms. The summed E-state index contributed by atoms with van der Waals surface area (Å²) in [5.41, 5.74) is -2.97. The van der Waals surface area contributed by atoms with E-state index in [0.717, 1.165) is 6.92 Å². The Morgan fingerprint density at radius 3 is 2.38 bits per heavy atom. The molecule has 1 aliphatic heterocycles. The van der Waals surface area contributed by atoms with E-state index in [1.54, 1.807) is 35.6 Å². The number of alkyl halides is 3. The van der Waals surface area contributed by atoms with Gasteiger partial charge in [0.1, 0.15) is 5.78 Å². The minimum atomic E-state index is -5.05. The van der Waals surface area contributed by atoms with Crippen LogP contribution in [0, 0.1) is 5.92 Å². The standard InChI is InChI=1S/C13H13F3N2O2S/c1-7(19)9-10(8-5-3-2-4-6-8)17-11(21)18-12(9,20)13(14,15)16/h2-6,9-10,20H,1H3,(H2,17,18,21). The molecule has 1 aliphatic rings. The molecule has 1 aromatic carbocycles. The summed E-state index contributed by atoms with van der Waals surface area (Å²) in [6, 6.07) is 7.03. The molecule has 0 aromatic heterocycles. The van der Waals surface area contributed by atoms with Crippen LogP contribution in [0.15, 0.2) is 30.3 Å². The minimum Gasteiger partial charge on any atom is -0.363 e. The summed E-state index contributed by atoms with van der Waals surface area (Å²) in [5.74, 6) is -2.56. The lowest BCUT2D eigenvalue weighted by molar-refractivity contribution is -0.288. The molecule has 1 saturated heterocycles. The average Bonchev–Trinajstić information content (AvgIpc) is 2.37. The molecular formula is C13H13F3N2O2S. The van der Waals surface area contributed by atoms with Gasteiger partial charge < -0.3 is 15.7 Å². The predicted molar refractivity (Wildman–Crippen MR) is 73.2 cm³/mol. The van der Waals surface area contributed by atoms with Crippen molar-refractivity contribution in [3.8, 4) is 0 Å². The van der Waals surface area contributed by atoms with Crippen LogP contribution in [-0.4, -0.2) is 27.9 Å². The lowest BCUT2D eigenvalue weighted by Gasteiger charge is -2.46. The van der Waals surface area contributed by atoms with Crippen molar-refractivity contribution in [2.24, 2.45) is 5.92 Å². The molecule has 0 aliphatic carbocycles. The predicted octanol–water partition coefficient (Wildman–Crippen LogP) is 1.66. The number of rotatable bonds is 2. The third kappa shape index (κ3) is 2.73. The topological polar surface area (TPSA) is 61.4 Å². The first-order valence-corrected chi connectivity index (χ1v) is 6.51. The van der Waals surface area contributed by atoms with Crippen LogP contribution in [0.3, 0.4) is 0 Å². The maximum absolute atomic E-state index is 13.2. The molecule has 8 heteroatoms. The average molecular weight is 318 g/mol. The van der Waals surface area contributed by atoms with Gasteiger partial charge in [-0.1, -0.05) is 30.3 Å². The van der Waals surface area contributed by atoms with E-state index in [4.69, 9.17) is 12.2 Å². The summed E-state index contributed by atoms with van der Waals surface area (Å²) in [7, 11) is 0. The second-order valence-corrected chi connectivity index (χ2v) is 5.25. The molecule has 114 valence electrons. The molecule has 21 heavy (non-hydrogen) atoms. The zero-order chi connectivity index (χ0) is 15.8. The van der Waals surface area contributed by atoms with Crippen molar-refractivity contribution < 1.29 is 23.1 Å². The number of carbonyl (C=O) groups is 1. The number of benzene rings is 1. The van der Waals surface area contributed by atoms with Crippen molar-refractivity contribution in [1.29, 1.82) is 0 Å². The molecule has 1 aromatic rings. The number of hydrogen-bond donors (Lipinski definition) is 3. The molecule has 3 unspecified atom stereocenters. The Labute approximate surface area is 124 Å². The van der Waals surface area contributed by atoms with Crippen LogP contribution >= 0.6 is 12.2 Å². The summed E-state index contributed by atoms with van der Waals surface area (Å²) in [6.45, 7) is 1.01. The number of aliphatic hydroxyl groups is 1. The number of nitrogens with one attached hydrogen (secondary N) is 2. The van der Waals surface area contributed by atoms with Gasteiger partial charge in [-0.3, -0.25) is 4.79 Å². The van der Waals surface area contributed by atoms with Crippen LogP contribution in [0.2, 0.25) is 0 Å². The summed E-state index contributed by atoms with van der Waals surface area (Å²) >= 11 is 4.75. The lowest BCUT2D eigenvalue weighted by atomic mass is 9.80. The van der Waals surface area contributed by atoms with Gasteiger partial charge in [-0.25, -0.2) is 0 Å². The first-order valence-electron chi connectivity index (χ1n) is 6.10. The van der Waals surface area contributed by atoms with Crippen molar-refractivity contribution in [1.82, 2.24) is 10.6 Å². The molecule has 1 fully saturated rings. The normalized spacial score (nSPS) is 29.5. The van der Waals surface area contributed by atoms with Gasteiger partial charge in [0.2, 0.25) is 5.72 Å². The maximum Gasteiger partial charge on any atom is 0.437 e. The second-order valence-electron chi connectivity index (χ2n) is 4.84. The van der Waals surface area contributed by atoms with E-state index in [2.05, 4.69) is 5.32 Å². The first kappa shape index (κ1) is 15.7. The van der Waals surface area contributed by atoms with Gasteiger partial charge in [0.15, 0.2) is 5.11 Å². The third-order valence-electron chi connectivity index (χ3n) is 3.40. The summed E-state index contributed by atoms with van der Waals surface area (Å²) in [6.07, 6.45) is -5.05. The number of thiocarbonyl (C=S) groups is 1. The van der Waals surface area contributed by atoms with Crippen LogP contribution < -0.4 is 10.6 Å². The van der Waals surface area contributed by atoms with E-state index in [1.165, 1.54) is 0 Å². The highest BCUT2D eigenvalue weighted by molar-refractivity contribution is 7.80. The highest BCUT2D eigenvalue weighted by atomic mass is 32.1. The van der Waals surface area contributed by atoms with E-state index >= 15 is 0 Å². The van der Waals surface area contributed by atoms with Crippen LogP contribution in [0.1, 0.15) is 18.5 Å². The lowest BCUT2D eigenvalue weighted by Crippen LogP contribution is -2.72. The minimum absolute atomic E-state index is 0.360. The molecule has 2 rings (SSSR count). The Bertz CT molecular complexity index is 564. The van der Waals surface area contributed by atoms with Crippen LogP contribution in [0.5, 0.6) is 0 Å². The van der Waals surface area contributed by atoms with Gasteiger partial charge in [-0.2, -0.15) is 13.2 Å². The molecule has 0 amide bonds. The Morgan fingerprint density at radius 2 is 1.90 bits per heavy atom. The van der Waals surface area contributed by atoms with Crippen molar-refractivity contribution in [3.05, 3.63) is 35.9 Å². The summed E-state index contributed by atoms with van der Waals surface area (Å²) < 4.78 is 39.7. The molecule has 4 nitrogen and oxygen atoms in total. The molecule has 3 atom stereocenters. The molecule has 1 heterocycles. The van der Waals surface area contributed by atoms with E-state index in [9.17, 15) is 23.1 Å². The van der Waals surface area contributed by atoms with Crippen molar-refractivity contribution >= 4 is 23.1 Å². The zero-order valence-corrected chi connectivity index (χ0v) is 11.8. The smallest absolute Gasteiger partial charge is 0.363 e. The quantitative estimate of drug-likeness (QED) is 0.724. The molecule has 3 N–H and O–H groups in total. The largest absolute Gasteiger partial charge is 0.437 e. The maximum atomic E-state index is 13.2. The van der Waals surface area contributed by atoms with Gasteiger partial charge >= 0.3 is 6.18 Å². The van der Waals surface area contributed by atoms with Crippen LogP contribution in [-0.2, 0) is 4.79 Å². The Hall–Kier alpha value is -1.67. The van der Waals surface area contributed by atoms with Crippen molar-refractivity contribution in [3.63, 3.8) is 0 Å².